The van der Waals surface area contributed by atoms with Crippen LogP contribution in [0, 0.1) is 24.0 Å². The number of aliphatic carboxylic acids is 1. The third kappa shape index (κ3) is 3.27. The number of carbonyl (C=O) groups is 1. The predicted molar refractivity (Wildman–Crippen MR) is 93.3 cm³/mol. The van der Waals surface area contributed by atoms with E-state index in [1.165, 1.54) is 12.1 Å². The summed E-state index contributed by atoms with van der Waals surface area (Å²) in [6.45, 7) is 3.62. The van der Waals surface area contributed by atoms with E-state index in [0.717, 1.165) is 5.56 Å². The number of nitro benzene ring substituents is 1. The first-order chi connectivity index (χ1) is 12.4. The monoisotopic (exact) mass is 353 g/mol. The average Bonchev–Trinajstić information content (AvgIpc) is 2.92. The fraction of sp³-hybridized carbons (Fsp3) is 0.176. The minimum atomic E-state index is -1.03. The van der Waals surface area contributed by atoms with Gasteiger partial charge in [-0.1, -0.05) is 12.1 Å². The van der Waals surface area contributed by atoms with Crippen LogP contribution in [0.2, 0.25) is 0 Å². The highest BCUT2D eigenvalue weighted by Gasteiger charge is 2.16. The zero-order valence-electron chi connectivity index (χ0n) is 14.1. The van der Waals surface area contributed by atoms with Crippen molar-refractivity contribution in [3.8, 4) is 0 Å². The van der Waals surface area contributed by atoms with E-state index in [1.807, 2.05) is 13.0 Å². The molecule has 3 rings (SSSR count). The van der Waals surface area contributed by atoms with E-state index < -0.39 is 10.9 Å². The molecule has 0 spiro atoms. The molecule has 0 amide bonds. The molecule has 1 aromatic carbocycles. The molecule has 0 aliphatic rings. The second-order valence-corrected chi connectivity index (χ2v) is 5.77. The standard InChI is InChI=1S/C17H15N5O4/c1-10-5-6-12(22(25)26)8-13(10)19-20-17-14(9-15(23)24)18-16-11(2)4-3-7-21(16)17/h3-8H,9H2,1-2H3,(H,23,24). The zero-order valence-corrected chi connectivity index (χ0v) is 14.1. The highest BCUT2D eigenvalue weighted by molar-refractivity contribution is 5.72. The van der Waals surface area contributed by atoms with Crippen LogP contribution in [0.4, 0.5) is 17.2 Å². The number of carboxylic acids is 1. The molecule has 0 saturated carbocycles. The lowest BCUT2D eigenvalue weighted by Gasteiger charge is -2.01. The summed E-state index contributed by atoms with van der Waals surface area (Å²) in [4.78, 5) is 25.9. The number of nitro groups is 1. The Morgan fingerprint density at radius 1 is 1.27 bits per heavy atom. The van der Waals surface area contributed by atoms with Crippen molar-refractivity contribution in [2.75, 3.05) is 0 Å². The smallest absolute Gasteiger partial charge is 0.309 e. The largest absolute Gasteiger partial charge is 0.481 e. The topological polar surface area (TPSA) is 122 Å². The van der Waals surface area contributed by atoms with Crippen molar-refractivity contribution in [1.29, 1.82) is 0 Å². The van der Waals surface area contributed by atoms with Crippen LogP contribution in [0.5, 0.6) is 0 Å². The Bertz CT molecular complexity index is 1050. The van der Waals surface area contributed by atoms with E-state index in [-0.39, 0.29) is 23.6 Å². The fourth-order valence-corrected chi connectivity index (χ4v) is 2.53. The summed E-state index contributed by atoms with van der Waals surface area (Å²) in [5.41, 5.74) is 2.69. The van der Waals surface area contributed by atoms with Crippen LogP contribution in [0.25, 0.3) is 5.65 Å². The number of imidazole rings is 1. The number of hydrogen-bond acceptors (Lipinski definition) is 6. The number of aryl methyl sites for hydroxylation is 2. The van der Waals surface area contributed by atoms with Crippen molar-refractivity contribution < 1.29 is 14.8 Å². The van der Waals surface area contributed by atoms with Crippen LogP contribution < -0.4 is 0 Å². The lowest BCUT2D eigenvalue weighted by molar-refractivity contribution is -0.384. The van der Waals surface area contributed by atoms with Gasteiger partial charge < -0.3 is 5.11 Å². The molecule has 0 saturated heterocycles. The van der Waals surface area contributed by atoms with Crippen LogP contribution >= 0.6 is 0 Å². The van der Waals surface area contributed by atoms with Gasteiger partial charge in [0.25, 0.3) is 5.69 Å². The van der Waals surface area contributed by atoms with Crippen LogP contribution in [0.1, 0.15) is 16.8 Å². The second kappa shape index (κ2) is 6.71. The average molecular weight is 353 g/mol. The SMILES string of the molecule is Cc1ccc([N+](=O)[O-])cc1N=Nc1c(CC(=O)O)nc2c(C)cccn12. The second-order valence-electron chi connectivity index (χ2n) is 5.77. The maximum Gasteiger partial charge on any atom is 0.309 e. The zero-order chi connectivity index (χ0) is 18.8. The van der Waals surface area contributed by atoms with Gasteiger partial charge in [0.1, 0.15) is 5.65 Å². The van der Waals surface area contributed by atoms with E-state index in [1.54, 1.807) is 29.7 Å². The summed E-state index contributed by atoms with van der Waals surface area (Å²) in [5.74, 6) is -0.744. The van der Waals surface area contributed by atoms with E-state index >= 15 is 0 Å². The van der Waals surface area contributed by atoms with Gasteiger partial charge in [0.2, 0.25) is 0 Å². The number of hydrogen-bond donors (Lipinski definition) is 1. The van der Waals surface area contributed by atoms with Crippen molar-refractivity contribution in [3.05, 3.63) is 63.5 Å². The van der Waals surface area contributed by atoms with Gasteiger partial charge in [-0.05, 0) is 31.0 Å². The molecule has 0 aliphatic heterocycles. The third-order valence-corrected chi connectivity index (χ3v) is 3.86. The molecule has 0 atom stereocenters. The van der Waals surface area contributed by atoms with Crippen molar-refractivity contribution in [3.63, 3.8) is 0 Å². The number of benzene rings is 1. The Kier molecular flexibility index (Phi) is 4.44. The summed E-state index contributed by atoms with van der Waals surface area (Å²) >= 11 is 0. The summed E-state index contributed by atoms with van der Waals surface area (Å²) in [6, 6.07) is 7.96. The van der Waals surface area contributed by atoms with E-state index in [0.29, 0.717) is 16.9 Å². The molecular formula is C17H15N5O4. The molecule has 0 radical (unpaired) electrons. The number of carboxylic acid groups (broad SMARTS) is 1. The molecule has 26 heavy (non-hydrogen) atoms. The number of nitrogens with zero attached hydrogens (tertiary/aromatic N) is 5. The van der Waals surface area contributed by atoms with Crippen molar-refractivity contribution in [1.82, 2.24) is 9.38 Å². The van der Waals surface area contributed by atoms with Gasteiger partial charge >= 0.3 is 5.97 Å². The van der Waals surface area contributed by atoms with Gasteiger partial charge in [0, 0.05) is 18.3 Å². The maximum absolute atomic E-state index is 11.1. The lowest BCUT2D eigenvalue weighted by Crippen LogP contribution is -2.00. The third-order valence-electron chi connectivity index (χ3n) is 3.86. The van der Waals surface area contributed by atoms with Gasteiger partial charge in [-0.2, -0.15) is 0 Å². The molecule has 0 aliphatic carbocycles. The van der Waals surface area contributed by atoms with Crippen molar-refractivity contribution in [2.45, 2.75) is 20.3 Å². The first-order valence-electron chi connectivity index (χ1n) is 7.72. The van der Waals surface area contributed by atoms with Crippen LogP contribution in [-0.2, 0) is 11.2 Å². The minimum absolute atomic E-state index is 0.0932. The Morgan fingerprint density at radius 3 is 2.73 bits per heavy atom. The van der Waals surface area contributed by atoms with Gasteiger partial charge in [0.05, 0.1) is 22.7 Å². The quantitative estimate of drug-likeness (QED) is 0.423. The molecule has 2 aromatic heterocycles. The molecule has 0 fully saturated rings. The summed E-state index contributed by atoms with van der Waals surface area (Å²) in [5, 5.41) is 28.3. The van der Waals surface area contributed by atoms with E-state index in [9.17, 15) is 14.9 Å². The number of rotatable bonds is 5. The summed E-state index contributed by atoms with van der Waals surface area (Å²) in [6.07, 6.45) is 1.42. The molecule has 1 N–H and O–H groups in total. The number of azo groups is 1. The van der Waals surface area contributed by atoms with Crippen LogP contribution in [0.3, 0.4) is 0 Å². The van der Waals surface area contributed by atoms with Crippen molar-refractivity contribution >= 4 is 28.8 Å². The molecular weight excluding hydrogens is 338 g/mol. The van der Waals surface area contributed by atoms with Gasteiger partial charge in [-0.15, -0.1) is 10.2 Å². The van der Waals surface area contributed by atoms with Crippen LogP contribution in [-0.4, -0.2) is 25.4 Å². The molecule has 0 bridgehead atoms. The molecule has 9 nitrogen and oxygen atoms in total. The fourth-order valence-electron chi connectivity index (χ4n) is 2.53. The Labute approximate surface area is 147 Å². The molecule has 132 valence electrons. The van der Waals surface area contributed by atoms with Gasteiger partial charge in [-0.25, -0.2) is 4.98 Å². The summed E-state index contributed by atoms with van der Waals surface area (Å²) < 4.78 is 1.66. The first kappa shape index (κ1) is 17.2. The Balaban J connectivity index is 2.12. The lowest BCUT2D eigenvalue weighted by atomic mass is 10.2. The maximum atomic E-state index is 11.1. The van der Waals surface area contributed by atoms with E-state index in [2.05, 4.69) is 15.2 Å². The highest BCUT2D eigenvalue weighted by Crippen LogP contribution is 2.29. The Hall–Kier alpha value is -3.62. The van der Waals surface area contributed by atoms with Gasteiger partial charge in [0.15, 0.2) is 5.82 Å². The normalized spacial score (nSPS) is 11.3. The van der Waals surface area contributed by atoms with Gasteiger partial charge in [-0.3, -0.25) is 19.3 Å². The number of fused-ring (bicyclic) bond motifs is 1. The van der Waals surface area contributed by atoms with E-state index in [4.69, 9.17) is 5.11 Å². The minimum Gasteiger partial charge on any atom is -0.481 e. The number of non-ortho nitro benzene ring substituents is 1. The molecule has 3 aromatic rings. The highest BCUT2D eigenvalue weighted by atomic mass is 16.6. The Morgan fingerprint density at radius 2 is 2.04 bits per heavy atom. The molecule has 0 unspecified atom stereocenters. The van der Waals surface area contributed by atoms with Crippen molar-refractivity contribution in [2.24, 2.45) is 10.2 Å². The number of aromatic nitrogens is 2. The van der Waals surface area contributed by atoms with Crippen LogP contribution in [0.15, 0.2) is 46.8 Å². The first-order valence-corrected chi connectivity index (χ1v) is 7.72. The molecule has 2 heterocycles. The molecule has 9 heteroatoms. The number of pyridine rings is 1. The predicted octanol–water partition coefficient (Wildman–Crippen LogP) is 3.90. The summed E-state index contributed by atoms with van der Waals surface area (Å²) in [7, 11) is 0.